The van der Waals surface area contributed by atoms with E-state index in [9.17, 15) is 0 Å². The molecule has 0 atom stereocenters. The average Bonchev–Trinajstić information content (AvgIpc) is 2.58. The lowest BCUT2D eigenvalue weighted by Crippen LogP contribution is -2.08. The van der Waals surface area contributed by atoms with Gasteiger partial charge in [0.05, 0.1) is 0 Å². The number of nitrogens with zero attached hydrogens (tertiary/aromatic N) is 1. The number of fused-ring (bicyclic) bond motifs is 1. The third-order valence-corrected chi connectivity index (χ3v) is 3.34. The van der Waals surface area contributed by atoms with Gasteiger partial charge in [-0.25, -0.2) is 0 Å². The van der Waals surface area contributed by atoms with Crippen LogP contribution in [-0.2, 0) is 6.54 Å². The Bertz CT molecular complexity index is 535. The molecule has 2 rings (SSSR count). The second-order valence-corrected chi connectivity index (χ2v) is 5.20. The molecule has 0 bridgehead atoms. The van der Waals surface area contributed by atoms with Crippen LogP contribution in [0.5, 0.6) is 0 Å². The van der Waals surface area contributed by atoms with E-state index in [1.807, 2.05) is 0 Å². The van der Waals surface area contributed by atoms with Crippen LogP contribution in [0.3, 0.4) is 0 Å². The molecule has 0 saturated heterocycles. The van der Waals surface area contributed by atoms with Gasteiger partial charge in [0.1, 0.15) is 0 Å². The molecule has 0 aliphatic heterocycles. The highest BCUT2D eigenvalue weighted by atomic mass is 15.0. The summed E-state index contributed by atoms with van der Waals surface area (Å²) in [6, 6.07) is 4.53. The van der Waals surface area contributed by atoms with Crippen LogP contribution in [0, 0.1) is 13.8 Å². The summed E-state index contributed by atoms with van der Waals surface area (Å²) in [6.45, 7) is 10.4. The van der Waals surface area contributed by atoms with Crippen LogP contribution < -0.4 is 5.73 Å². The third kappa shape index (κ3) is 2.09. The third-order valence-electron chi connectivity index (χ3n) is 3.34. The molecule has 0 fully saturated rings. The Kier molecular flexibility index (Phi) is 3.25. The molecular weight excluding hydrogens is 208 g/mol. The smallest absolute Gasteiger partial charge is 0.0489 e. The zero-order valence-corrected chi connectivity index (χ0v) is 11.2. The lowest BCUT2D eigenvalue weighted by atomic mass is 9.98. The van der Waals surface area contributed by atoms with Crippen molar-refractivity contribution in [1.29, 1.82) is 0 Å². The summed E-state index contributed by atoms with van der Waals surface area (Å²) in [7, 11) is 0. The van der Waals surface area contributed by atoms with Gasteiger partial charge >= 0.3 is 0 Å². The molecule has 0 radical (unpaired) electrons. The van der Waals surface area contributed by atoms with Gasteiger partial charge in [-0.2, -0.15) is 0 Å². The fourth-order valence-corrected chi connectivity index (χ4v) is 2.61. The zero-order chi connectivity index (χ0) is 12.6. The van der Waals surface area contributed by atoms with Crippen LogP contribution in [0.2, 0.25) is 0 Å². The van der Waals surface area contributed by atoms with Crippen molar-refractivity contribution in [1.82, 2.24) is 4.57 Å². The first-order valence-electron chi connectivity index (χ1n) is 6.34. The van der Waals surface area contributed by atoms with Crippen molar-refractivity contribution in [3.05, 3.63) is 35.0 Å². The van der Waals surface area contributed by atoms with Crippen molar-refractivity contribution < 1.29 is 0 Å². The van der Waals surface area contributed by atoms with Gasteiger partial charge < -0.3 is 10.3 Å². The normalized spacial score (nSPS) is 11.6. The number of rotatable bonds is 3. The number of aryl methyl sites for hydroxylation is 2. The van der Waals surface area contributed by atoms with Crippen molar-refractivity contribution in [2.75, 3.05) is 6.54 Å². The Hall–Kier alpha value is -1.28. The molecule has 0 amide bonds. The predicted molar refractivity (Wildman–Crippen MR) is 74.6 cm³/mol. The van der Waals surface area contributed by atoms with Crippen LogP contribution in [0.4, 0.5) is 0 Å². The van der Waals surface area contributed by atoms with Crippen LogP contribution in [0.1, 0.15) is 36.5 Å². The van der Waals surface area contributed by atoms with Crippen LogP contribution >= 0.6 is 0 Å². The van der Waals surface area contributed by atoms with Gasteiger partial charge in [0.2, 0.25) is 0 Å². The minimum absolute atomic E-state index is 0.554. The Balaban J connectivity index is 2.76. The summed E-state index contributed by atoms with van der Waals surface area (Å²) in [5, 5.41) is 1.42. The van der Waals surface area contributed by atoms with E-state index in [1.165, 1.54) is 27.6 Å². The van der Waals surface area contributed by atoms with Gasteiger partial charge in [0, 0.05) is 30.2 Å². The first-order chi connectivity index (χ1) is 8.04. The molecule has 1 heterocycles. The molecule has 1 aromatic carbocycles. The molecule has 17 heavy (non-hydrogen) atoms. The molecule has 2 aromatic rings. The standard InChI is InChI=1S/C15H22N2/c1-10(2)13-9-17(6-5-16)14-8-11(3)7-12(4)15(13)14/h7-10H,5-6,16H2,1-4H3. The topological polar surface area (TPSA) is 30.9 Å². The first kappa shape index (κ1) is 12.2. The maximum Gasteiger partial charge on any atom is 0.0489 e. The van der Waals surface area contributed by atoms with Crippen molar-refractivity contribution in [2.45, 2.75) is 40.2 Å². The average molecular weight is 230 g/mol. The molecule has 1 aromatic heterocycles. The second kappa shape index (κ2) is 4.53. The van der Waals surface area contributed by atoms with Crippen LogP contribution in [-0.4, -0.2) is 11.1 Å². The zero-order valence-electron chi connectivity index (χ0n) is 11.2. The molecule has 0 aliphatic carbocycles. The summed E-state index contributed by atoms with van der Waals surface area (Å²) in [6.07, 6.45) is 2.27. The van der Waals surface area contributed by atoms with E-state index in [0.717, 1.165) is 6.54 Å². The summed E-state index contributed by atoms with van der Waals surface area (Å²) in [4.78, 5) is 0. The maximum absolute atomic E-state index is 5.69. The number of benzene rings is 1. The van der Waals surface area contributed by atoms with Gasteiger partial charge in [-0.3, -0.25) is 0 Å². The minimum Gasteiger partial charge on any atom is -0.346 e. The lowest BCUT2D eigenvalue weighted by molar-refractivity contribution is 0.727. The summed E-state index contributed by atoms with van der Waals surface area (Å²) < 4.78 is 2.30. The highest BCUT2D eigenvalue weighted by Gasteiger charge is 2.13. The number of hydrogen-bond donors (Lipinski definition) is 1. The van der Waals surface area contributed by atoms with Crippen LogP contribution in [0.15, 0.2) is 18.3 Å². The largest absolute Gasteiger partial charge is 0.346 e. The second-order valence-electron chi connectivity index (χ2n) is 5.20. The molecule has 92 valence electrons. The van der Waals surface area contributed by atoms with Crippen molar-refractivity contribution in [2.24, 2.45) is 5.73 Å². The van der Waals surface area contributed by atoms with Gasteiger partial charge in [-0.1, -0.05) is 19.9 Å². The monoisotopic (exact) mass is 230 g/mol. The van der Waals surface area contributed by atoms with Gasteiger partial charge in [0.25, 0.3) is 0 Å². The fourth-order valence-electron chi connectivity index (χ4n) is 2.61. The van der Waals surface area contributed by atoms with E-state index in [1.54, 1.807) is 0 Å². The highest BCUT2D eigenvalue weighted by Crippen LogP contribution is 2.31. The number of nitrogens with two attached hydrogens (primary N) is 1. The molecular formula is C15H22N2. The van der Waals surface area contributed by atoms with Crippen molar-refractivity contribution in [3.63, 3.8) is 0 Å². The summed E-state index contributed by atoms with van der Waals surface area (Å²) >= 11 is 0. The molecule has 2 N–H and O–H groups in total. The Morgan fingerprint density at radius 3 is 2.53 bits per heavy atom. The summed E-state index contributed by atoms with van der Waals surface area (Å²) in [5.41, 5.74) is 11.2. The molecule has 0 unspecified atom stereocenters. The van der Waals surface area contributed by atoms with E-state index < -0.39 is 0 Å². The van der Waals surface area contributed by atoms with E-state index in [-0.39, 0.29) is 0 Å². The van der Waals surface area contributed by atoms with Crippen LogP contribution in [0.25, 0.3) is 10.9 Å². The van der Waals surface area contributed by atoms with E-state index in [4.69, 9.17) is 5.73 Å². The molecule has 2 nitrogen and oxygen atoms in total. The molecule has 2 heteroatoms. The van der Waals surface area contributed by atoms with E-state index in [0.29, 0.717) is 12.5 Å². The van der Waals surface area contributed by atoms with Gasteiger partial charge in [-0.05, 0) is 42.5 Å². The fraction of sp³-hybridized carbons (Fsp3) is 0.467. The number of hydrogen-bond acceptors (Lipinski definition) is 1. The Labute approximate surface area is 103 Å². The Morgan fingerprint density at radius 2 is 1.94 bits per heavy atom. The Morgan fingerprint density at radius 1 is 1.24 bits per heavy atom. The summed E-state index contributed by atoms with van der Waals surface area (Å²) in [5.74, 6) is 0.554. The lowest BCUT2D eigenvalue weighted by Gasteiger charge is -2.06. The maximum atomic E-state index is 5.69. The van der Waals surface area contributed by atoms with E-state index >= 15 is 0 Å². The number of aromatic nitrogens is 1. The highest BCUT2D eigenvalue weighted by molar-refractivity contribution is 5.88. The quantitative estimate of drug-likeness (QED) is 0.861. The predicted octanol–water partition coefficient (Wildman–Crippen LogP) is 3.34. The van der Waals surface area contributed by atoms with Crippen molar-refractivity contribution >= 4 is 10.9 Å². The molecule has 0 spiro atoms. The van der Waals surface area contributed by atoms with E-state index in [2.05, 4.69) is 50.6 Å². The van der Waals surface area contributed by atoms with Crippen molar-refractivity contribution in [3.8, 4) is 0 Å². The van der Waals surface area contributed by atoms with Gasteiger partial charge in [-0.15, -0.1) is 0 Å². The minimum atomic E-state index is 0.554. The molecule has 0 saturated carbocycles. The first-order valence-corrected chi connectivity index (χ1v) is 6.34. The van der Waals surface area contributed by atoms with Gasteiger partial charge in [0.15, 0.2) is 0 Å². The SMILES string of the molecule is Cc1cc(C)c2c(C(C)C)cn(CCN)c2c1. The molecule has 0 aliphatic rings.